The van der Waals surface area contributed by atoms with Crippen LogP contribution in [0.5, 0.6) is 0 Å². The Kier molecular flexibility index (Phi) is 5.51. The van der Waals surface area contributed by atoms with Gasteiger partial charge in [0.05, 0.1) is 0 Å². The summed E-state index contributed by atoms with van der Waals surface area (Å²) in [6, 6.07) is 29.5. The summed E-state index contributed by atoms with van der Waals surface area (Å²) in [5, 5.41) is 12.3. The molecule has 5 rings (SSSR count). The van der Waals surface area contributed by atoms with Crippen molar-refractivity contribution in [3.05, 3.63) is 107 Å². The van der Waals surface area contributed by atoms with Crippen LogP contribution in [0.25, 0.3) is 32.7 Å². The molecule has 1 aromatic heterocycles. The van der Waals surface area contributed by atoms with E-state index in [2.05, 4.69) is 88.9 Å². The number of hydrogen-bond donors (Lipinski definition) is 1. The molecule has 1 heterocycles. The van der Waals surface area contributed by atoms with Gasteiger partial charge in [0.2, 0.25) is 5.91 Å². The first kappa shape index (κ1) is 19.5. The molecule has 0 spiro atoms. The van der Waals surface area contributed by atoms with Gasteiger partial charge < -0.3 is 5.32 Å². The highest BCUT2D eigenvalue weighted by Crippen LogP contribution is 2.29. The zero-order chi connectivity index (χ0) is 21.0. The van der Waals surface area contributed by atoms with Crippen molar-refractivity contribution in [2.75, 3.05) is 0 Å². The molecule has 0 radical (unpaired) electrons. The normalized spacial score (nSPS) is 11.1. The highest BCUT2D eigenvalue weighted by atomic mass is 32.1. The molecule has 0 fully saturated rings. The van der Waals surface area contributed by atoms with Crippen LogP contribution in [0.4, 0.5) is 0 Å². The van der Waals surface area contributed by atoms with Crippen molar-refractivity contribution in [1.29, 1.82) is 0 Å². The van der Waals surface area contributed by atoms with Gasteiger partial charge in [0.1, 0.15) is 0 Å². The van der Waals surface area contributed by atoms with Gasteiger partial charge in [-0.25, -0.2) is 0 Å². The van der Waals surface area contributed by atoms with Crippen molar-refractivity contribution >= 4 is 38.8 Å². The Morgan fingerprint density at radius 1 is 0.806 bits per heavy atom. The molecule has 0 saturated carbocycles. The standard InChI is InChI=1S/C28H23NOS/c30-28(29-18-22-9-3-4-10-24(22)23-15-16-31-19-23)14-13-27-25-11-5-1-7-20(25)17-21-8-2-6-12-26(21)27/h1-12,15-17,19H,13-14,18H2,(H,29,30). The largest absolute Gasteiger partial charge is 0.352 e. The Balaban J connectivity index is 1.33. The predicted molar refractivity (Wildman–Crippen MR) is 131 cm³/mol. The van der Waals surface area contributed by atoms with Gasteiger partial charge in [-0.05, 0) is 73.1 Å². The van der Waals surface area contributed by atoms with Crippen LogP contribution in [0.15, 0.2) is 95.7 Å². The summed E-state index contributed by atoms with van der Waals surface area (Å²) in [5.41, 5.74) is 4.79. The molecule has 152 valence electrons. The van der Waals surface area contributed by atoms with Crippen molar-refractivity contribution in [2.45, 2.75) is 19.4 Å². The summed E-state index contributed by atoms with van der Waals surface area (Å²) < 4.78 is 0. The van der Waals surface area contributed by atoms with E-state index in [1.165, 1.54) is 38.2 Å². The number of thiophene rings is 1. The monoisotopic (exact) mass is 421 g/mol. The second-order valence-electron chi connectivity index (χ2n) is 7.74. The minimum atomic E-state index is 0.0807. The van der Waals surface area contributed by atoms with E-state index in [9.17, 15) is 4.79 Å². The van der Waals surface area contributed by atoms with E-state index in [-0.39, 0.29) is 5.91 Å². The summed E-state index contributed by atoms with van der Waals surface area (Å²) in [4.78, 5) is 12.8. The van der Waals surface area contributed by atoms with Crippen LogP contribution in [0.1, 0.15) is 17.5 Å². The zero-order valence-corrected chi connectivity index (χ0v) is 18.0. The van der Waals surface area contributed by atoms with Crippen molar-refractivity contribution in [1.82, 2.24) is 5.32 Å². The molecular weight excluding hydrogens is 398 g/mol. The molecular formula is C28H23NOS. The average Bonchev–Trinajstić information content (AvgIpc) is 3.35. The minimum absolute atomic E-state index is 0.0807. The third-order valence-corrected chi connectivity index (χ3v) is 6.49. The molecule has 0 atom stereocenters. The SMILES string of the molecule is O=C(CCc1c2ccccc2cc2ccccc12)NCc1ccccc1-c1ccsc1. The number of carbonyl (C=O) groups excluding carboxylic acids is 1. The lowest BCUT2D eigenvalue weighted by molar-refractivity contribution is -0.121. The first-order valence-corrected chi connectivity index (χ1v) is 11.5. The van der Waals surface area contributed by atoms with Gasteiger partial charge in [0.25, 0.3) is 0 Å². The first-order valence-electron chi connectivity index (χ1n) is 10.6. The minimum Gasteiger partial charge on any atom is -0.352 e. The van der Waals surface area contributed by atoms with Crippen LogP contribution >= 0.6 is 11.3 Å². The number of hydrogen-bond acceptors (Lipinski definition) is 2. The van der Waals surface area contributed by atoms with Gasteiger partial charge in [0, 0.05) is 13.0 Å². The van der Waals surface area contributed by atoms with Gasteiger partial charge in [-0.15, -0.1) is 0 Å². The molecule has 0 aliphatic rings. The lowest BCUT2D eigenvalue weighted by Crippen LogP contribution is -2.23. The van der Waals surface area contributed by atoms with Crippen molar-refractivity contribution in [3.63, 3.8) is 0 Å². The summed E-state index contributed by atoms with van der Waals surface area (Å²) in [7, 11) is 0. The van der Waals surface area contributed by atoms with Gasteiger partial charge in [0.15, 0.2) is 0 Å². The smallest absolute Gasteiger partial charge is 0.220 e. The molecule has 4 aromatic carbocycles. The van der Waals surface area contributed by atoms with E-state index in [0.717, 1.165) is 12.0 Å². The number of benzene rings is 4. The fourth-order valence-corrected chi connectivity index (χ4v) is 4.93. The van der Waals surface area contributed by atoms with Crippen LogP contribution in [-0.4, -0.2) is 5.91 Å². The number of amides is 1. The summed E-state index contributed by atoms with van der Waals surface area (Å²) in [5.74, 6) is 0.0807. The molecule has 1 amide bonds. The highest BCUT2D eigenvalue weighted by Gasteiger charge is 2.11. The Bertz CT molecular complexity index is 1300. The number of nitrogens with one attached hydrogen (secondary N) is 1. The molecule has 0 saturated heterocycles. The van der Waals surface area contributed by atoms with Crippen LogP contribution < -0.4 is 5.32 Å². The fourth-order valence-electron chi connectivity index (χ4n) is 4.27. The van der Waals surface area contributed by atoms with Crippen molar-refractivity contribution in [3.8, 4) is 11.1 Å². The third kappa shape index (κ3) is 4.10. The molecule has 0 aliphatic carbocycles. The number of carbonyl (C=O) groups is 1. The second kappa shape index (κ2) is 8.75. The van der Waals surface area contributed by atoms with E-state index in [4.69, 9.17) is 0 Å². The van der Waals surface area contributed by atoms with Crippen molar-refractivity contribution in [2.24, 2.45) is 0 Å². The molecule has 2 nitrogen and oxygen atoms in total. The Morgan fingerprint density at radius 2 is 1.48 bits per heavy atom. The maximum absolute atomic E-state index is 12.8. The molecule has 0 aliphatic heterocycles. The Labute approximate surface area is 186 Å². The van der Waals surface area contributed by atoms with E-state index in [1.54, 1.807) is 11.3 Å². The topological polar surface area (TPSA) is 29.1 Å². The van der Waals surface area contributed by atoms with Gasteiger partial charge in [-0.2, -0.15) is 11.3 Å². The van der Waals surface area contributed by atoms with Gasteiger partial charge >= 0.3 is 0 Å². The van der Waals surface area contributed by atoms with E-state index in [0.29, 0.717) is 13.0 Å². The van der Waals surface area contributed by atoms with Gasteiger partial charge in [-0.3, -0.25) is 4.79 Å². The van der Waals surface area contributed by atoms with E-state index < -0.39 is 0 Å². The van der Waals surface area contributed by atoms with E-state index >= 15 is 0 Å². The fraction of sp³-hybridized carbons (Fsp3) is 0.107. The summed E-state index contributed by atoms with van der Waals surface area (Å²) in [6.07, 6.45) is 1.19. The van der Waals surface area contributed by atoms with Crippen LogP contribution in [-0.2, 0) is 17.8 Å². The summed E-state index contributed by atoms with van der Waals surface area (Å²) >= 11 is 1.69. The number of fused-ring (bicyclic) bond motifs is 2. The Hall–Kier alpha value is -3.43. The first-order chi connectivity index (χ1) is 15.3. The lowest BCUT2D eigenvalue weighted by Gasteiger charge is -2.13. The maximum atomic E-state index is 12.8. The zero-order valence-electron chi connectivity index (χ0n) is 17.2. The molecule has 0 unspecified atom stereocenters. The maximum Gasteiger partial charge on any atom is 0.220 e. The molecule has 31 heavy (non-hydrogen) atoms. The molecule has 3 heteroatoms. The van der Waals surface area contributed by atoms with Crippen molar-refractivity contribution < 1.29 is 4.79 Å². The summed E-state index contributed by atoms with van der Waals surface area (Å²) in [6.45, 7) is 0.543. The quantitative estimate of drug-likeness (QED) is 0.295. The van der Waals surface area contributed by atoms with Crippen LogP contribution in [0, 0.1) is 0 Å². The van der Waals surface area contributed by atoms with Crippen LogP contribution in [0.3, 0.4) is 0 Å². The highest BCUT2D eigenvalue weighted by molar-refractivity contribution is 7.08. The van der Waals surface area contributed by atoms with Crippen LogP contribution in [0.2, 0.25) is 0 Å². The second-order valence-corrected chi connectivity index (χ2v) is 8.52. The molecule has 5 aromatic rings. The Morgan fingerprint density at radius 3 is 2.19 bits per heavy atom. The third-order valence-electron chi connectivity index (χ3n) is 5.81. The molecule has 0 bridgehead atoms. The average molecular weight is 422 g/mol. The number of rotatable bonds is 6. The lowest BCUT2D eigenvalue weighted by atomic mass is 9.94. The van der Waals surface area contributed by atoms with E-state index in [1.807, 2.05) is 12.1 Å². The molecule has 1 N–H and O–H groups in total. The van der Waals surface area contributed by atoms with Gasteiger partial charge in [-0.1, -0.05) is 72.8 Å². The predicted octanol–water partition coefficient (Wildman–Crippen LogP) is 6.97. The number of aryl methyl sites for hydroxylation is 1.